The van der Waals surface area contributed by atoms with Crippen LogP contribution >= 0.6 is 11.3 Å². The second-order valence-electron chi connectivity index (χ2n) is 5.62. The number of halogens is 1. The summed E-state index contributed by atoms with van der Waals surface area (Å²) in [5, 5.41) is 4.66. The molecule has 0 bridgehead atoms. The molecule has 0 amide bonds. The van der Waals surface area contributed by atoms with E-state index in [1.54, 1.807) is 17.4 Å². The molecule has 1 saturated heterocycles. The Hall–Kier alpha value is -1.26. The lowest BCUT2D eigenvalue weighted by Crippen LogP contribution is -2.12. The molecule has 2 nitrogen and oxygen atoms in total. The number of hydrogen-bond donors (Lipinski definition) is 1. The number of benzene rings is 1. The molecule has 1 atom stereocenters. The minimum atomic E-state index is -0.0385. The zero-order valence-corrected chi connectivity index (χ0v) is 12.1. The van der Waals surface area contributed by atoms with Crippen molar-refractivity contribution in [1.82, 2.24) is 10.3 Å². The minimum Gasteiger partial charge on any atom is -0.308 e. The largest absolute Gasteiger partial charge is 0.308 e. The smallest absolute Gasteiger partial charge is 0.126 e. The van der Waals surface area contributed by atoms with Gasteiger partial charge in [0.2, 0.25) is 0 Å². The maximum atomic E-state index is 13.8. The average molecular weight is 288 g/mol. The lowest BCUT2D eigenvalue weighted by molar-refractivity contribution is 0.613. The van der Waals surface area contributed by atoms with Crippen LogP contribution in [0.3, 0.4) is 0 Å². The van der Waals surface area contributed by atoms with Crippen molar-refractivity contribution in [3.63, 3.8) is 0 Å². The number of aromatic nitrogens is 1. The van der Waals surface area contributed by atoms with Crippen molar-refractivity contribution >= 4 is 11.3 Å². The second kappa shape index (κ2) is 4.93. The molecule has 0 saturated carbocycles. The highest BCUT2D eigenvalue weighted by Crippen LogP contribution is 2.38. The van der Waals surface area contributed by atoms with Gasteiger partial charge in [-0.25, -0.2) is 9.37 Å². The van der Waals surface area contributed by atoms with Gasteiger partial charge in [-0.05, 0) is 61.4 Å². The van der Waals surface area contributed by atoms with Gasteiger partial charge in [-0.15, -0.1) is 11.3 Å². The molecule has 2 heterocycles. The first-order valence-electron chi connectivity index (χ1n) is 7.32. The van der Waals surface area contributed by atoms with E-state index in [9.17, 15) is 4.39 Å². The standard InChI is InChI=1S/C16H17FN2S/c17-13-7-6-12(10-3-1-4-11(10)13)15-9-19-16(20-15)14-5-2-8-18-14/h6-7,9,14,18H,1-5,8H2/t14-/m0/s1. The van der Waals surface area contributed by atoms with E-state index in [-0.39, 0.29) is 5.82 Å². The molecule has 2 aromatic rings. The lowest BCUT2D eigenvalue weighted by Gasteiger charge is -2.07. The quantitative estimate of drug-likeness (QED) is 0.907. The normalized spacial score (nSPS) is 21.4. The Morgan fingerprint density at radius 2 is 2.10 bits per heavy atom. The monoisotopic (exact) mass is 288 g/mol. The fourth-order valence-electron chi connectivity index (χ4n) is 3.36. The highest BCUT2D eigenvalue weighted by atomic mass is 32.1. The molecular formula is C16H17FN2S. The Kier molecular flexibility index (Phi) is 3.08. The van der Waals surface area contributed by atoms with Crippen LogP contribution in [-0.2, 0) is 12.8 Å². The first kappa shape index (κ1) is 12.5. The fourth-order valence-corrected chi connectivity index (χ4v) is 4.44. The Morgan fingerprint density at radius 3 is 2.95 bits per heavy atom. The van der Waals surface area contributed by atoms with Crippen molar-refractivity contribution in [3.05, 3.63) is 40.3 Å². The SMILES string of the molecule is Fc1ccc(-c2cnc([C@@H]3CCCN3)s2)c2c1CCC2. The van der Waals surface area contributed by atoms with Crippen molar-refractivity contribution in [2.75, 3.05) is 6.54 Å². The molecule has 1 aliphatic carbocycles. The second-order valence-corrected chi connectivity index (χ2v) is 6.68. The molecule has 1 N–H and O–H groups in total. The lowest BCUT2D eigenvalue weighted by atomic mass is 10.0. The highest BCUT2D eigenvalue weighted by Gasteiger charge is 2.23. The van der Waals surface area contributed by atoms with Crippen LogP contribution in [0.5, 0.6) is 0 Å². The molecule has 1 aliphatic heterocycles. The highest BCUT2D eigenvalue weighted by molar-refractivity contribution is 7.15. The van der Waals surface area contributed by atoms with Gasteiger partial charge in [0.1, 0.15) is 10.8 Å². The van der Waals surface area contributed by atoms with E-state index >= 15 is 0 Å². The van der Waals surface area contributed by atoms with Crippen molar-refractivity contribution in [2.45, 2.75) is 38.1 Å². The molecule has 0 radical (unpaired) electrons. The molecule has 0 spiro atoms. The summed E-state index contributed by atoms with van der Waals surface area (Å²) in [6, 6.07) is 3.97. The summed E-state index contributed by atoms with van der Waals surface area (Å²) in [7, 11) is 0. The maximum absolute atomic E-state index is 13.8. The zero-order valence-electron chi connectivity index (χ0n) is 11.3. The van der Waals surface area contributed by atoms with Crippen LogP contribution in [-0.4, -0.2) is 11.5 Å². The van der Waals surface area contributed by atoms with Crippen LogP contribution in [0.2, 0.25) is 0 Å². The fraction of sp³-hybridized carbons (Fsp3) is 0.438. The third-order valence-electron chi connectivity index (χ3n) is 4.38. The molecular weight excluding hydrogens is 271 g/mol. The number of rotatable bonds is 2. The van der Waals surface area contributed by atoms with Crippen LogP contribution in [0.4, 0.5) is 4.39 Å². The Bertz CT molecular complexity index is 644. The zero-order chi connectivity index (χ0) is 13.5. The Labute approximate surface area is 122 Å². The summed E-state index contributed by atoms with van der Waals surface area (Å²) in [5.74, 6) is -0.0385. The molecule has 1 aromatic heterocycles. The van der Waals surface area contributed by atoms with Gasteiger partial charge < -0.3 is 5.32 Å². The van der Waals surface area contributed by atoms with E-state index in [1.807, 2.05) is 12.3 Å². The van der Waals surface area contributed by atoms with Gasteiger partial charge in [0, 0.05) is 6.20 Å². The Morgan fingerprint density at radius 1 is 1.20 bits per heavy atom. The van der Waals surface area contributed by atoms with Gasteiger partial charge in [0.15, 0.2) is 0 Å². The third-order valence-corrected chi connectivity index (χ3v) is 5.52. The molecule has 2 aliphatic rings. The van der Waals surface area contributed by atoms with Crippen molar-refractivity contribution in [2.24, 2.45) is 0 Å². The van der Waals surface area contributed by atoms with Crippen molar-refractivity contribution in [3.8, 4) is 10.4 Å². The number of nitrogens with zero attached hydrogens (tertiary/aromatic N) is 1. The predicted molar refractivity (Wildman–Crippen MR) is 79.5 cm³/mol. The van der Waals surface area contributed by atoms with E-state index in [2.05, 4.69) is 10.3 Å². The molecule has 4 heteroatoms. The van der Waals surface area contributed by atoms with Gasteiger partial charge in [0.05, 0.1) is 10.9 Å². The molecule has 4 rings (SSSR count). The van der Waals surface area contributed by atoms with Crippen LogP contribution in [0.15, 0.2) is 18.3 Å². The van der Waals surface area contributed by atoms with Crippen molar-refractivity contribution < 1.29 is 4.39 Å². The maximum Gasteiger partial charge on any atom is 0.126 e. The van der Waals surface area contributed by atoms with E-state index in [0.717, 1.165) is 31.4 Å². The first-order chi connectivity index (χ1) is 9.83. The summed E-state index contributed by atoms with van der Waals surface area (Å²) in [6.07, 6.45) is 7.31. The van der Waals surface area contributed by atoms with Gasteiger partial charge >= 0.3 is 0 Å². The summed E-state index contributed by atoms with van der Waals surface area (Å²) < 4.78 is 13.8. The van der Waals surface area contributed by atoms with Crippen LogP contribution < -0.4 is 5.32 Å². The summed E-state index contributed by atoms with van der Waals surface area (Å²) in [6.45, 7) is 1.09. The molecule has 1 fully saturated rings. The van der Waals surface area contributed by atoms with E-state index in [0.29, 0.717) is 6.04 Å². The molecule has 0 unspecified atom stereocenters. The number of thiazole rings is 1. The van der Waals surface area contributed by atoms with Gasteiger partial charge in [0.25, 0.3) is 0 Å². The molecule has 1 aromatic carbocycles. The van der Waals surface area contributed by atoms with Gasteiger partial charge in [-0.1, -0.05) is 6.07 Å². The van der Waals surface area contributed by atoms with Crippen LogP contribution in [0, 0.1) is 5.82 Å². The summed E-state index contributed by atoms with van der Waals surface area (Å²) >= 11 is 1.76. The van der Waals surface area contributed by atoms with Gasteiger partial charge in [-0.3, -0.25) is 0 Å². The van der Waals surface area contributed by atoms with Crippen LogP contribution in [0.1, 0.15) is 41.4 Å². The Balaban J connectivity index is 1.73. The summed E-state index contributed by atoms with van der Waals surface area (Å²) in [5.41, 5.74) is 3.33. The van der Waals surface area contributed by atoms with E-state index in [4.69, 9.17) is 0 Å². The third kappa shape index (κ3) is 1.98. The van der Waals surface area contributed by atoms with E-state index < -0.39 is 0 Å². The molecule has 104 valence electrons. The molecule has 20 heavy (non-hydrogen) atoms. The average Bonchev–Trinajstić information content (AvgIpc) is 3.20. The topological polar surface area (TPSA) is 24.9 Å². The van der Waals surface area contributed by atoms with Crippen molar-refractivity contribution in [1.29, 1.82) is 0 Å². The van der Waals surface area contributed by atoms with E-state index in [1.165, 1.54) is 33.9 Å². The minimum absolute atomic E-state index is 0.0385. The number of nitrogens with one attached hydrogen (secondary N) is 1. The summed E-state index contributed by atoms with van der Waals surface area (Å²) in [4.78, 5) is 5.77. The number of fused-ring (bicyclic) bond motifs is 1. The first-order valence-corrected chi connectivity index (χ1v) is 8.14. The number of hydrogen-bond acceptors (Lipinski definition) is 3. The van der Waals surface area contributed by atoms with Gasteiger partial charge in [-0.2, -0.15) is 0 Å². The van der Waals surface area contributed by atoms with Crippen LogP contribution in [0.25, 0.3) is 10.4 Å². The predicted octanol–water partition coefficient (Wildman–Crippen LogP) is 3.86.